The molecule has 0 spiro atoms. The summed E-state index contributed by atoms with van der Waals surface area (Å²) in [7, 11) is 0. The number of aliphatic hydroxyl groups is 11. The fourth-order valence-corrected chi connectivity index (χ4v) is 9.63. The Morgan fingerprint density at radius 1 is 0.635 bits per heavy atom. The third kappa shape index (κ3) is 19.9. The standard InChI is InChI=1S/C53H85NO20/c1-29-18-16-14-12-10-8-6-7-9-11-13-15-17-19-37(72-52-49(65)46(54)48(64)33(5)71-52)25-42-45(51(66)67)41(61)28-53(68,74-42)27-40(60)38(58)21-20-34(55)22-35(56)23-36(57)24-43(62)69-31(3)30(2)50(29)73-44-26-39(59)47(63)32(4)70-44/h6-7,9,11-19,29-42,44-50,52,55-61,63-65,68H,8,10,20-28,54H2,1-5H3,(H,66,67)/b7-6?,11-9?,14-12+,15-13?,18-16+,19-17?. The van der Waals surface area contributed by atoms with Gasteiger partial charge in [0.05, 0.1) is 91.8 Å². The molecule has 21 nitrogen and oxygen atoms in total. The summed E-state index contributed by atoms with van der Waals surface area (Å²) in [5.41, 5.74) is 6.04. The summed E-state index contributed by atoms with van der Waals surface area (Å²) in [6.45, 7) is 8.61. The molecule has 23 unspecified atom stereocenters. The average molecular weight is 1060 g/mol. The van der Waals surface area contributed by atoms with Gasteiger partial charge >= 0.3 is 11.9 Å². The van der Waals surface area contributed by atoms with Crippen molar-refractivity contribution in [2.24, 2.45) is 23.5 Å². The lowest BCUT2D eigenvalue weighted by Gasteiger charge is -2.45. The van der Waals surface area contributed by atoms with Gasteiger partial charge in [0.1, 0.15) is 24.2 Å². The van der Waals surface area contributed by atoms with Crippen molar-refractivity contribution in [3.05, 3.63) is 72.9 Å². The normalized spacial score (nSPS) is 44.7. The molecule has 4 aliphatic rings. The monoisotopic (exact) mass is 1060 g/mol. The van der Waals surface area contributed by atoms with Crippen LogP contribution in [0.15, 0.2) is 72.9 Å². The molecule has 3 saturated heterocycles. The number of allylic oxidation sites excluding steroid dienone is 10. The number of cyclic esters (lactones) is 1. The molecule has 0 radical (unpaired) electrons. The van der Waals surface area contributed by atoms with Gasteiger partial charge in [-0.1, -0.05) is 86.8 Å². The molecule has 14 N–H and O–H groups in total. The van der Waals surface area contributed by atoms with Crippen molar-refractivity contribution < 1.29 is 99.3 Å². The molecule has 74 heavy (non-hydrogen) atoms. The van der Waals surface area contributed by atoms with Crippen molar-refractivity contribution in [2.75, 3.05) is 0 Å². The van der Waals surface area contributed by atoms with Crippen molar-refractivity contribution in [1.82, 2.24) is 0 Å². The highest BCUT2D eigenvalue weighted by Gasteiger charge is 2.51. The van der Waals surface area contributed by atoms with Gasteiger partial charge in [-0.25, -0.2) is 0 Å². The SMILES string of the molecule is CC1/C=C/C=C/CCC=CC=CC=CC=CC(OC2OC(C)C(O)C(N)C2O)CC2OC(O)(CC(O)C(O)CCC(O)CC(O)CC(O)CC(=O)OC(C)C(C)C1OC1CC(O)C(O)C(C)O1)CC(O)C2C(=O)O. The number of nitrogens with two attached hydrogens (primary N) is 1. The Labute approximate surface area is 433 Å². The zero-order valence-electron chi connectivity index (χ0n) is 43.1. The lowest BCUT2D eigenvalue weighted by atomic mass is 9.82. The highest BCUT2D eigenvalue weighted by atomic mass is 16.7. The second-order valence-corrected chi connectivity index (χ2v) is 20.5. The van der Waals surface area contributed by atoms with Crippen molar-refractivity contribution in [2.45, 2.75) is 227 Å². The zero-order chi connectivity index (χ0) is 54.9. The van der Waals surface area contributed by atoms with Crippen LogP contribution in [-0.2, 0) is 38.0 Å². The Morgan fingerprint density at radius 2 is 1.23 bits per heavy atom. The summed E-state index contributed by atoms with van der Waals surface area (Å²) < 4.78 is 35.8. The summed E-state index contributed by atoms with van der Waals surface area (Å²) in [5.74, 6) is -6.88. The average Bonchev–Trinajstić information content (AvgIpc) is 3.31. The van der Waals surface area contributed by atoms with Crippen LogP contribution in [0.3, 0.4) is 0 Å². The number of esters is 1. The first kappa shape index (κ1) is 63.2. The van der Waals surface area contributed by atoms with Gasteiger partial charge in [0.15, 0.2) is 18.4 Å². The Bertz CT molecular complexity index is 1870. The van der Waals surface area contributed by atoms with Crippen LogP contribution in [0.4, 0.5) is 0 Å². The van der Waals surface area contributed by atoms with E-state index in [1.165, 1.54) is 13.0 Å². The molecule has 3 fully saturated rings. The maximum Gasteiger partial charge on any atom is 0.311 e. The van der Waals surface area contributed by atoms with Crippen LogP contribution in [0, 0.1) is 17.8 Å². The van der Waals surface area contributed by atoms with Gasteiger partial charge in [-0.15, -0.1) is 0 Å². The lowest BCUT2D eigenvalue weighted by molar-refractivity contribution is -0.310. The number of hydrogen-bond donors (Lipinski definition) is 13. The number of carboxylic acid groups (broad SMARTS) is 1. The van der Waals surface area contributed by atoms with E-state index >= 15 is 0 Å². The summed E-state index contributed by atoms with van der Waals surface area (Å²) in [6.07, 6.45) is -1.63. The second kappa shape index (κ2) is 30.6. The first-order valence-corrected chi connectivity index (χ1v) is 25.9. The number of rotatable bonds is 5. The number of aliphatic carboxylic acids is 1. The second-order valence-electron chi connectivity index (χ2n) is 20.5. The predicted octanol–water partition coefficient (Wildman–Crippen LogP) is 0.817. The Hall–Kier alpha value is -3.30. The highest BCUT2D eigenvalue weighted by molar-refractivity contribution is 5.71. The number of carbonyl (C=O) groups excluding carboxylic acids is 1. The smallest absolute Gasteiger partial charge is 0.311 e. The fourth-order valence-electron chi connectivity index (χ4n) is 9.63. The number of carboxylic acids is 1. The minimum absolute atomic E-state index is 0.0208. The number of carbonyl (C=O) groups is 2. The first-order valence-electron chi connectivity index (χ1n) is 25.9. The van der Waals surface area contributed by atoms with Gasteiger partial charge < -0.3 is 95.4 Å². The van der Waals surface area contributed by atoms with Gasteiger partial charge in [-0.05, 0) is 59.3 Å². The van der Waals surface area contributed by atoms with Gasteiger partial charge in [-0.3, -0.25) is 9.59 Å². The predicted molar refractivity (Wildman–Crippen MR) is 267 cm³/mol. The number of fused-ring (bicyclic) bond motifs is 2. The Balaban J connectivity index is 1.55. The number of aliphatic hydroxyl groups excluding tert-OH is 10. The fraction of sp³-hybridized carbons (Fsp3) is 0.736. The molecule has 21 heteroatoms. The third-order valence-corrected chi connectivity index (χ3v) is 14.2. The molecule has 0 amide bonds. The van der Waals surface area contributed by atoms with Crippen LogP contribution in [0.1, 0.15) is 105 Å². The summed E-state index contributed by atoms with van der Waals surface area (Å²) in [5, 5.41) is 129. The summed E-state index contributed by atoms with van der Waals surface area (Å²) >= 11 is 0. The zero-order valence-corrected chi connectivity index (χ0v) is 43.1. The van der Waals surface area contributed by atoms with Gasteiger partial charge in [0, 0.05) is 37.5 Å². The van der Waals surface area contributed by atoms with E-state index in [1.54, 1.807) is 38.2 Å². The maximum absolute atomic E-state index is 13.1. The van der Waals surface area contributed by atoms with Crippen molar-refractivity contribution in [1.29, 1.82) is 0 Å². The number of ether oxygens (including phenoxy) is 6. The van der Waals surface area contributed by atoms with Crippen molar-refractivity contribution in [3.8, 4) is 0 Å². The molecule has 0 aromatic heterocycles. The van der Waals surface area contributed by atoms with E-state index in [-0.39, 0.29) is 44.4 Å². The topological polar surface area (TPSA) is 358 Å². The molecule has 0 aromatic rings. The third-order valence-electron chi connectivity index (χ3n) is 14.2. The van der Waals surface area contributed by atoms with Crippen LogP contribution in [-0.4, -0.2) is 195 Å². The van der Waals surface area contributed by atoms with Gasteiger partial charge in [0.25, 0.3) is 0 Å². The Kier molecular flexibility index (Phi) is 26.1. The molecule has 0 aliphatic carbocycles. The van der Waals surface area contributed by atoms with Gasteiger partial charge in [0.2, 0.25) is 0 Å². The minimum Gasteiger partial charge on any atom is -0.481 e. The summed E-state index contributed by atoms with van der Waals surface area (Å²) in [4.78, 5) is 25.6. The van der Waals surface area contributed by atoms with Crippen LogP contribution < -0.4 is 5.73 Å². The maximum atomic E-state index is 13.1. The molecule has 0 saturated carbocycles. The van der Waals surface area contributed by atoms with Crippen molar-refractivity contribution in [3.63, 3.8) is 0 Å². The Morgan fingerprint density at radius 3 is 1.89 bits per heavy atom. The van der Waals surface area contributed by atoms with E-state index in [4.69, 9.17) is 34.2 Å². The molecule has 2 bridgehead atoms. The molecule has 4 aliphatic heterocycles. The van der Waals surface area contributed by atoms with E-state index in [0.29, 0.717) is 0 Å². The largest absolute Gasteiger partial charge is 0.481 e. The summed E-state index contributed by atoms with van der Waals surface area (Å²) in [6, 6.07) is -1.16. The first-order chi connectivity index (χ1) is 34.9. The lowest BCUT2D eigenvalue weighted by Crippen LogP contribution is -2.61. The van der Waals surface area contributed by atoms with E-state index in [1.807, 2.05) is 56.4 Å². The van der Waals surface area contributed by atoms with Crippen molar-refractivity contribution >= 4 is 11.9 Å². The number of hydrogen-bond acceptors (Lipinski definition) is 20. The van der Waals surface area contributed by atoms with E-state index < -0.39 is 165 Å². The van der Waals surface area contributed by atoms with E-state index in [2.05, 4.69) is 0 Å². The van der Waals surface area contributed by atoms with E-state index in [0.717, 1.165) is 12.8 Å². The quantitative estimate of drug-likeness (QED) is 0.170. The minimum atomic E-state index is -2.37. The van der Waals surface area contributed by atoms with Crippen LogP contribution in [0.25, 0.3) is 0 Å². The molecule has 4 heterocycles. The highest BCUT2D eigenvalue weighted by Crippen LogP contribution is 2.38. The molecular formula is C53H85NO20. The molecule has 0 aromatic carbocycles. The van der Waals surface area contributed by atoms with Gasteiger partial charge in [-0.2, -0.15) is 0 Å². The molecule has 422 valence electrons. The van der Waals surface area contributed by atoms with Crippen LogP contribution >= 0.6 is 0 Å². The molecule has 4 rings (SSSR count). The van der Waals surface area contributed by atoms with E-state index in [9.17, 15) is 70.9 Å². The molecular weight excluding hydrogens is 971 g/mol. The molecule has 23 atom stereocenters. The van der Waals surface area contributed by atoms with Crippen LogP contribution in [0.5, 0.6) is 0 Å². The van der Waals surface area contributed by atoms with Crippen LogP contribution in [0.2, 0.25) is 0 Å².